The van der Waals surface area contributed by atoms with E-state index in [0.717, 1.165) is 54.1 Å². The van der Waals surface area contributed by atoms with E-state index in [-0.39, 0.29) is 59.5 Å². The number of aliphatic hydroxyl groups is 1. The summed E-state index contributed by atoms with van der Waals surface area (Å²) in [5, 5.41) is 11.6. The lowest BCUT2D eigenvalue weighted by Crippen LogP contribution is -2.62. The number of ketones is 1. The van der Waals surface area contributed by atoms with Gasteiger partial charge in [-0.3, -0.25) is 14.4 Å². The minimum absolute atomic E-state index is 0.0542. The van der Waals surface area contributed by atoms with E-state index < -0.39 is 11.0 Å². The maximum Gasteiger partial charge on any atom is 0.310 e. The molecule has 4 fully saturated rings. The molecule has 0 amide bonds. The minimum Gasteiger partial charge on any atom is -0.463 e. The van der Waals surface area contributed by atoms with Crippen LogP contribution in [0.1, 0.15) is 84.6 Å². The van der Waals surface area contributed by atoms with E-state index in [4.69, 9.17) is 9.47 Å². The minimum atomic E-state index is -1.32. The number of hydrogen-bond donors (Lipinski definition) is 1. The van der Waals surface area contributed by atoms with Gasteiger partial charge >= 0.3 is 11.9 Å². The Morgan fingerprint density at radius 3 is 2.29 bits per heavy atom. The Bertz CT molecular complexity index is 1100. The number of Topliss-reactive ketones (excluding diaryl/α,β-unsaturated/α-hetero) is 1. The Morgan fingerprint density at radius 2 is 1.63 bits per heavy atom. The van der Waals surface area contributed by atoms with Gasteiger partial charge in [0.1, 0.15) is 17.8 Å². The number of rotatable bonds is 5. The van der Waals surface area contributed by atoms with Gasteiger partial charge in [0.2, 0.25) is 0 Å². The summed E-state index contributed by atoms with van der Waals surface area (Å²) < 4.78 is 13.1. The van der Waals surface area contributed by atoms with Crippen LogP contribution < -0.4 is 0 Å². The molecule has 0 aromatic heterocycles. The van der Waals surface area contributed by atoms with E-state index in [9.17, 15) is 19.5 Å². The molecular weight excluding hydrogens is 595 g/mol. The summed E-state index contributed by atoms with van der Waals surface area (Å²) in [7, 11) is 0. The van der Waals surface area contributed by atoms with Crippen LogP contribution in [-0.2, 0) is 30.3 Å². The van der Waals surface area contributed by atoms with Crippen molar-refractivity contribution >= 4 is 40.3 Å². The second kappa shape index (κ2) is 10.2. The van der Waals surface area contributed by atoms with Gasteiger partial charge in [-0.1, -0.05) is 26.0 Å². The molecule has 7 heteroatoms. The van der Waals surface area contributed by atoms with Crippen LogP contribution in [0.25, 0.3) is 0 Å². The van der Waals surface area contributed by atoms with Crippen LogP contribution in [0.2, 0.25) is 0 Å². The van der Waals surface area contributed by atoms with Crippen molar-refractivity contribution in [3.8, 4) is 0 Å². The van der Waals surface area contributed by atoms with Crippen molar-refractivity contribution in [2.24, 2.45) is 34.5 Å². The van der Waals surface area contributed by atoms with Crippen LogP contribution in [0.4, 0.5) is 0 Å². The van der Waals surface area contributed by atoms with Gasteiger partial charge in [-0.25, -0.2) is 0 Å². The van der Waals surface area contributed by atoms with Gasteiger partial charge in [0.25, 0.3) is 0 Å². The maximum absolute atomic E-state index is 13.3. The number of fused-ring (bicyclic) bond motifs is 5. The van der Waals surface area contributed by atoms with E-state index in [0.29, 0.717) is 12.3 Å². The molecule has 1 aromatic carbocycles. The first-order valence-corrected chi connectivity index (χ1v) is 15.3. The highest BCUT2D eigenvalue weighted by molar-refractivity contribution is 14.1. The molecule has 0 radical (unpaired) electrons. The second-order valence-electron chi connectivity index (χ2n) is 13.0. The van der Waals surface area contributed by atoms with Crippen LogP contribution >= 0.6 is 22.6 Å². The number of carbonyl (C=O) groups is 3. The molecule has 0 aliphatic heterocycles. The van der Waals surface area contributed by atoms with E-state index in [1.54, 1.807) is 0 Å². The van der Waals surface area contributed by atoms with Crippen molar-refractivity contribution in [1.29, 1.82) is 0 Å². The lowest BCUT2D eigenvalue weighted by atomic mass is 9.43. The first-order chi connectivity index (χ1) is 17.9. The zero-order valence-electron chi connectivity index (χ0n) is 23.0. The molecule has 38 heavy (non-hydrogen) atoms. The molecule has 0 unspecified atom stereocenters. The average molecular weight is 637 g/mol. The van der Waals surface area contributed by atoms with Gasteiger partial charge in [0.15, 0.2) is 5.78 Å². The Kier molecular flexibility index (Phi) is 7.51. The summed E-state index contributed by atoms with van der Waals surface area (Å²) in [5.74, 6) is 0.242. The zero-order chi connectivity index (χ0) is 27.5. The number of carbonyl (C=O) groups excluding carboxylic acids is 3. The summed E-state index contributed by atoms with van der Waals surface area (Å²) in [6.45, 7) is 7.47. The molecule has 4 aliphatic rings. The molecule has 6 nitrogen and oxygen atoms in total. The number of benzene rings is 1. The molecule has 4 saturated carbocycles. The van der Waals surface area contributed by atoms with Gasteiger partial charge in [0.05, 0.1) is 6.42 Å². The van der Waals surface area contributed by atoms with Crippen molar-refractivity contribution in [2.45, 2.75) is 103 Å². The second-order valence-corrected chi connectivity index (χ2v) is 14.2. The van der Waals surface area contributed by atoms with E-state index >= 15 is 0 Å². The van der Waals surface area contributed by atoms with Crippen LogP contribution in [0.3, 0.4) is 0 Å². The van der Waals surface area contributed by atoms with Crippen LogP contribution in [-0.4, -0.2) is 40.6 Å². The van der Waals surface area contributed by atoms with Crippen LogP contribution in [0.15, 0.2) is 24.3 Å². The van der Waals surface area contributed by atoms with Crippen LogP contribution in [0, 0.1) is 38.1 Å². The fourth-order valence-electron chi connectivity index (χ4n) is 9.20. The topological polar surface area (TPSA) is 89.9 Å². The first kappa shape index (κ1) is 28.1. The summed E-state index contributed by atoms with van der Waals surface area (Å²) in [5.41, 5.74) is -0.846. The van der Waals surface area contributed by atoms with Crippen molar-refractivity contribution in [2.75, 3.05) is 0 Å². The lowest BCUT2D eigenvalue weighted by Gasteiger charge is -2.63. The van der Waals surface area contributed by atoms with Gasteiger partial charge in [-0.05, 0) is 122 Å². The fourth-order valence-corrected chi connectivity index (χ4v) is 9.56. The smallest absolute Gasteiger partial charge is 0.310 e. The predicted octanol–water partition coefficient (Wildman–Crippen LogP) is 5.65. The van der Waals surface area contributed by atoms with E-state index in [1.165, 1.54) is 13.8 Å². The number of hydrogen-bond acceptors (Lipinski definition) is 6. The van der Waals surface area contributed by atoms with Crippen molar-refractivity contribution in [3.05, 3.63) is 33.4 Å². The molecular formula is C31H41IO6. The van der Waals surface area contributed by atoms with Crippen molar-refractivity contribution < 1.29 is 29.0 Å². The standard InChI is InChI=1S/C31H41IO6/c1-18(33)31(36)14-11-25-28-24(10-13-30(25,31)4)29(3)12-9-23(37-19(2)34)16-21(29)17-26(28)38-27(35)15-20-5-7-22(32)8-6-20/h5-8,21,23-26,28,36H,9-17H2,1-4H3/t21-,23+,24+,25+,26+,28+,29-,30-,31+/m0/s1. The Morgan fingerprint density at radius 1 is 0.947 bits per heavy atom. The Labute approximate surface area is 239 Å². The fraction of sp³-hybridized carbons (Fsp3) is 0.710. The Hall–Kier alpha value is -1.48. The third kappa shape index (κ3) is 4.63. The molecule has 0 heterocycles. The van der Waals surface area contributed by atoms with Crippen molar-refractivity contribution in [1.82, 2.24) is 0 Å². The van der Waals surface area contributed by atoms with Gasteiger partial charge < -0.3 is 14.6 Å². The van der Waals surface area contributed by atoms with E-state index in [1.807, 2.05) is 24.3 Å². The predicted molar refractivity (Wildman–Crippen MR) is 151 cm³/mol. The zero-order valence-corrected chi connectivity index (χ0v) is 25.2. The first-order valence-electron chi connectivity index (χ1n) is 14.2. The highest BCUT2D eigenvalue weighted by Gasteiger charge is 2.68. The largest absolute Gasteiger partial charge is 0.463 e. The quantitative estimate of drug-likeness (QED) is 0.332. The molecule has 1 N–H and O–H groups in total. The summed E-state index contributed by atoms with van der Waals surface area (Å²) in [6.07, 6.45) is 6.17. The highest BCUT2D eigenvalue weighted by Crippen LogP contribution is 2.68. The average Bonchev–Trinajstić information content (AvgIpc) is 3.13. The molecule has 5 rings (SSSR count). The molecule has 9 atom stereocenters. The molecule has 0 spiro atoms. The molecule has 0 saturated heterocycles. The number of esters is 2. The van der Waals surface area contributed by atoms with Crippen LogP contribution in [0.5, 0.6) is 0 Å². The highest BCUT2D eigenvalue weighted by atomic mass is 127. The summed E-state index contributed by atoms with van der Waals surface area (Å²) >= 11 is 2.25. The molecule has 0 bridgehead atoms. The maximum atomic E-state index is 13.3. The van der Waals surface area contributed by atoms with Gasteiger partial charge in [0, 0.05) is 21.8 Å². The lowest BCUT2D eigenvalue weighted by molar-refractivity contribution is -0.207. The third-order valence-electron chi connectivity index (χ3n) is 11.2. The number of halogens is 1. The van der Waals surface area contributed by atoms with E-state index in [2.05, 4.69) is 36.4 Å². The Balaban J connectivity index is 1.45. The monoisotopic (exact) mass is 636 g/mol. The van der Waals surface area contributed by atoms with Gasteiger partial charge in [-0.15, -0.1) is 0 Å². The molecule has 1 aromatic rings. The van der Waals surface area contributed by atoms with Gasteiger partial charge in [-0.2, -0.15) is 0 Å². The summed E-state index contributed by atoms with van der Waals surface area (Å²) in [4.78, 5) is 37.7. The normalized spacial score (nSPS) is 41.8. The number of ether oxygens (including phenoxy) is 2. The SMILES string of the molecule is CC(=O)O[C@@H]1CC[C@@]2(C)[C@@H](C1)C[C@@H](OC(=O)Cc1ccc(I)cc1)[C@@H]1[C@H]2CC[C@@]2(C)[C@@H]1CC[C@@]2(O)C(C)=O. The molecule has 4 aliphatic carbocycles. The third-order valence-corrected chi connectivity index (χ3v) is 11.9. The van der Waals surface area contributed by atoms with Crippen molar-refractivity contribution in [3.63, 3.8) is 0 Å². The molecule has 208 valence electrons. The summed E-state index contributed by atoms with van der Waals surface area (Å²) in [6, 6.07) is 7.93.